The van der Waals surface area contributed by atoms with Gasteiger partial charge >= 0.3 is 11.9 Å². The molecule has 8 heteroatoms. The summed E-state index contributed by atoms with van der Waals surface area (Å²) < 4.78 is 23.6. The predicted octanol–water partition coefficient (Wildman–Crippen LogP) is 10.3. The zero-order valence-corrected chi connectivity index (χ0v) is 30.8. The standard InChI is InChI=1S/C46H48N2O6/c47-33-35-15-19-37(20-16-35)39-23-27-41(28-24-39)51-31-9-3-7-13-45(49)53-43-11-5-1-2-6-12-44(43)54-46(50)14-8-4-10-32-52-42-29-25-40(26-30-42)38-21-17-36(34-48)18-22-38/h1-2,15-30,43-44H,3-14,31-32H2/b2-1-. The highest BCUT2D eigenvalue weighted by Gasteiger charge is 2.28. The van der Waals surface area contributed by atoms with E-state index in [1.165, 1.54) is 0 Å². The molecule has 1 aliphatic carbocycles. The second-order valence-electron chi connectivity index (χ2n) is 13.4. The zero-order valence-electron chi connectivity index (χ0n) is 30.8. The lowest BCUT2D eigenvalue weighted by Crippen LogP contribution is -2.35. The highest BCUT2D eigenvalue weighted by atomic mass is 16.6. The van der Waals surface area contributed by atoms with Crippen molar-refractivity contribution < 1.29 is 28.5 Å². The summed E-state index contributed by atoms with van der Waals surface area (Å²) in [7, 11) is 0. The molecule has 2 atom stereocenters. The Balaban J connectivity index is 0.939. The van der Waals surface area contributed by atoms with E-state index in [0.29, 0.717) is 62.9 Å². The van der Waals surface area contributed by atoms with Crippen molar-refractivity contribution in [1.29, 1.82) is 10.5 Å². The first-order valence-electron chi connectivity index (χ1n) is 19.0. The Hall–Kier alpha value is -5.86. The van der Waals surface area contributed by atoms with Crippen LogP contribution in [-0.2, 0) is 19.1 Å². The second kappa shape index (κ2) is 21.6. The molecule has 1 aliphatic rings. The third-order valence-electron chi connectivity index (χ3n) is 9.37. The summed E-state index contributed by atoms with van der Waals surface area (Å²) in [6.07, 6.45) is 11.5. The van der Waals surface area contributed by atoms with Gasteiger partial charge in [-0.25, -0.2) is 0 Å². The maximum absolute atomic E-state index is 12.8. The van der Waals surface area contributed by atoms with Crippen LogP contribution in [0.1, 0.15) is 88.2 Å². The van der Waals surface area contributed by atoms with E-state index in [-0.39, 0.29) is 11.9 Å². The van der Waals surface area contributed by atoms with Crippen LogP contribution in [0.4, 0.5) is 0 Å². The van der Waals surface area contributed by atoms with Gasteiger partial charge in [-0.1, -0.05) is 60.7 Å². The molecule has 4 aromatic rings. The number of benzene rings is 4. The molecule has 4 aromatic carbocycles. The van der Waals surface area contributed by atoms with E-state index >= 15 is 0 Å². The van der Waals surface area contributed by atoms with Crippen molar-refractivity contribution in [3.63, 3.8) is 0 Å². The second-order valence-corrected chi connectivity index (χ2v) is 13.4. The summed E-state index contributed by atoms with van der Waals surface area (Å²) in [5.74, 6) is 1.07. The van der Waals surface area contributed by atoms with Crippen molar-refractivity contribution in [2.75, 3.05) is 13.2 Å². The monoisotopic (exact) mass is 724 g/mol. The third-order valence-corrected chi connectivity index (χ3v) is 9.37. The molecule has 278 valence electrons. The lowest BCUT2D eigenvalue weighted by molar-refractivity contribution is -0.169. The Morgan fingerprint density at radius 2 is 0.852 bits per heavy atom. The van der Waals surface area contributed by atoms with Gasteiger partial charge in [0.15, 0.2) is 0 Å². The van der Waals surface area contributed by atoms with Crippen LogP contribution in [0, 0.1) is 22.7 Å². The maximum Gasteiger partial charge on any atom is 0.306 e. The summed E-state index contributed by atoms with van der Waals surface area (Å²) in [4.78, 5) is 25.6. The van der Waals surface area contributed by atoms with E-state index in [2.05, 4.69) is 24.3 Å². The topological polar surface area (TPSA) is 119 Å². The first-order valence-corrected chi connectivity index (χ1v) is 19.0. The number of esters is 2. The highest BCUT2D eigenvalue weighted by Crippen LogP contribution is 2.25. The average Bonchev–Trinajstić information content (AvgIpc) is 3.20. The number of carbonyl (C=O) groups excluding carboxylic acids is 2. The number of nitrogens with zero attached hydrogens (tertiary/aromatic N) is 2. The summed E-state index contributed by atoms with van der Waals surface area (Å²) >= 11 is 0. The number of ether oxygens (including phenoxy) is 4. The van der Waals surface area contributed by atoms with E-state index < -0.39 is 12.2 Å². The Morgan fingerprint density at radius 1 is 0.500 bits per heavy atom. The molecule has 8 nitrogen and oxygen atoms in total. The lowest BCUT2D eigenvalue weighted by Gasteiger charge is -2.28. The van der Waals surface area contributed by atoms with Crippen LogP contribution in [0.25, 0.3) is 22.3 Å². The fourth-order valence-electron chi connectivity index (χ4n) is 6.29. The van der Waals surface area contributed by atoms with Crippen LogP contribution in [0.2, 0.25) is 0 Å². The van der Waals surface area contributed by atoms with Crippen LogP contribution in [0.15, 0.2) is 109 Å². The molecule has 0 heterocycles. The first kappa shape index (κ1) is 39.3. The Labute approximate surface area is 318 Å². The van der Waals surface area contributed by atoms with Crippen molar-refractivity contribution in [3.05, 3.63) is 120 Å². The number of hydrogen-bond acceptors (Lipinski definition) is 8. The van der Waals surface area contributed by atoms with Crippen LogP contribution >= 0.6 is 0 Å². The molecular weight excluding hydrogens is 677 g/mol. The highest BCUT2D eigenvalue weighted by molar-refractivity contribution is 5.71. The van der Waals surface area contributed by atoms with Gasteiger partial charge in [0.05, 0.1) is 36.5 Å². The predicted molar refractivity (Wildman–Crippen MR) is 208 cm³/mol. The van der Waals surface area contributed by atoms with Crippen molar-refractivity contribution in [3.8, 4) is 45.9 Å². The molecule has 5 rings (SSSR count). The third kappa shape index (κ3) is 13.0. The minimum atomic E-state index is -0.446. The largest absolute Gasteiger partial charge is 0.494 e. The average molecular weight is 725 g/mol. The van der Waals surface area contributed by atoms with Gasteiger partial charge < -0.3 is 18.9 Å². The number of carbonyl (C=O) groups is 2. The maximum atomic E-state index is 12.8. The summed E-state index contributed by atoms with van der Waals surface area (Å²) in [6.45, 7) is 1.11. The molecule has 0 bridgehead atoms. The smallest absolute Gasteiger partial charge is 0.306 e. The van der Waals surface area contributed by atoms with E-state index in [1.807, 2.05) is 97.1 Å². The summed E-state index contributed by atoms with van der Waals surface area (Å²) in [6, 6.07) is 35.0. The Kier molecular flexibility index (Phi) is 15.8. The molecule has 0 N–H and O–H groups in total. The molecule has 0 saturated heterocycles. The van der Waals surface area contributed by atoms with Gasteiger partial charge in [0.2, 0.25) is 0 Å². The van der Waals surface area contributed by atoms with Gasteiger partial charge in [-0.15, -0.1) is 0 Å². The van der Waals surface area contributed by atoms with Crippen molar-refractivity contribution >= 4 is 11.9 Å². The molecule has 54 heavy (non-hydrogen) atoms. The number of hydrogen-bond donors (Lipinski definition) is 0. The van der Waals surface area contributed by atoms with Crippen LogP contribution in [0.3, 0.4) is 0 Å². The van der Waals surface area contributed by atoms with Gasteiger partial charge in [0.25, 0.3) is 0 Å². The van der Waals surface area contributed by atoms with Gasteiger partial charge in [0, 0.05) is 12.8 Å². The fraction of sp³-hybridized carbons (Fsp3) is 0.348. The Morgan fingerprint density at radius 3 is 1.20 bits per heavy atom. The fourth-order valence-corrected chi connectivity index (χ4v) is 6.29. The van der Waals surface area contributed by atoms with Crippen molar-refractivity contribution in [2.24, 2.45) is 0 Å². The molecule has 0 aromatic heterocycles. The molecule has 2 unspecified atom stereocenters. The molecule has 0 fully saturated rings. The van der Waals surface area contributed by atoms with Crippen molar-refractivity contribution in [1.82, 2.24) is 0 Å². The summed E-state index contributed by atoms with van der Waals surface area (Å²) in [5, 5.41) is 18.0. The van der Waals surface area contributed by atoms with E-state index in [4.69, 9.17) is 29.5 Å². The van der Waals surface area contributed by atoms with Crippen molar-refractivity contribution in [2.45, 2.75) is 89.3 Å². The molecule has 0 radical (unpaired) electrons. The Bertz CT molecular complexity index is 1730. The SMILES string of the molecule is N#Cc1ccc(-c2ccc(OCCCCCC(=O)OC3CC/C=C\CCC3OC(=O)CCCCCOc3ccc(-c4ccc(C#N)cc4)cc3)cc2)cc1. The summed E-state index contributed by atoms with van der Waals surface area (Å²) in [5.41, 5.74) is 5.48. The van der Waals surface area contributed by atoms with Gasteiger partial charge in [-0.05, 0) is 135 Å². The number of unbranched alkanes of at least 4 members (excludes halogenated alkanes) is 4. The van der Waals surface area contributed by atoms with Gasteiger partial charge in [0.1, 0.15) is 23.7 Å². The number of rotatable bonds is 18. The normalized spacial score (nSPS) is 15.7. The lowest BCUT2D eigenvalue weighted by atomic mass is 10.00. The molecule has 0 aliphatic heterocycles. The minimum Gasteiger partial charge on any atom is -0.494 e. The van der Waals surface area contributed by atoms with E-state index in [1.54, 1.807) is 0 Å². The number of allylic oxidation sites excluding steroid dienone is 2. The van der Waals surface area contributed by atoms with Crippen LogP contribution in [-0.4, -0.2) is 37.4 Å². The molecule has 0 amide bonds. The number of nitriles is 2. The van der Waals surface area contributed by atoms with Gasteiger partial charge in [-0.3, -0.25) is 9.59 Å². The minimum absolute atomic E-state index is 0.256. The van der Waals surface area contributed by atoms with Gasteiger partial charge in [-0.2, -0.15) is 10.5 Å². The van der Waals surface area contributed by atoms with E-state index in [9.17, 15) is 9.59 Å². The van der Waals surface area contributed by atoms with E-state index in [0.717, 1.165) is 72.3 Å². The molecule has 0 spiro atoms. The van der Waals surface area contributed by atoms with Crippen LogP contribution < -0.4 is 9.47 Å². The molecular formula is C46H48N2O6. The quantitative estimate of drug-likeness (QED) is 0.0565. The molecule has 0 saturated carbocycles. The van der Waals surface area contributed by atoms with Crippen LogP contribution in [0.5, 0.6) is 11.5 Å². The zero-order chi connectivity index (χ0) is 37.8. The first-order chi connectivity index (χ1) is 26.5.